The lowest BCUT2D eigenvalue weighted by molar-refractivity contribution is -0.153. The molecule has 0 spiro atoms. The first kappa shape index (κ1) is 25.5. The zero-order chi connectivity index (χ0) is 26.1. The second kappa shape index (κ2) is 10.2. The molecular formula is C18H18N8O7S3. The van der Waals surface area contributed by atoms with Crippen molar-refractivity contribution in [1.29, 1.82) is 0 Å². The van der Waals surface area contributed by atoms with E-state index < -0.39 is 41.0 Å². The maximum Gasteiger partial charge on any atom is 0.353 e. The molecule has 0 radical (unpaired) electrons. The SMILES string of the molecule is CON=C(C(=O)NC1C(=O)N2C(C(=O)O)=C(CSc3nc(=O)c(=O)[nH]n3C)SCC12)c1csc(N)n1. The van der Waals surface area contributed by atoms with Gasteiger partial charge in [-0.3, -0.25) is 33.9 Å². The molecule has 4 heterocycles. The maximum absolute atomic E-state index is 12.9. The van der Waals surface area contributed by atoms with Crippen molar-refractivity contribution in [1.82, 2.24) is 30.0 Å². The molecule has 36 heavy (non-hydrogen) atoms. The van der Waals surface area contributed by atoms with E-state index in [1.165, 1.54) is 36.0 Å². The third-order valence-corrected chi connectivity index (χ3v) is 8.19. The largest absolute Gasteiger partial charge is 0.477 e. The normalized spacial score (nSPS) is 19.6. The first-order valence-corrected chi connectivity index (χ1v) is 12.8. The van der Waals surface area contributed by atoms with Crippen LogP contribution in [0.2, 0.25) is 0 Å². The number of anilines is 1. The predicted molar refractivity (Wildman–Crippen MR) is 131 cm³/mol. The van der Waals surface area contributed by atoms with E-state index in [1.54, 1.807) is 0 Å². The molecule has 190 valence electrons. The second-order valence-electron chi connectivity index (χ2n) is 7.30. The number of nitrogen functional groups attached to an aromatic ring is 1. The number of aromatic nitrogens is 4. The fraction of sp³-hybridized carbons (Fsp3) is 0.333. The number of fused-ring (bicyclic) bond motifs is 1. The van der Waals surface area contributed by atoms with Crippen LogP contribution in [0.5, 0.6) is 0 Å². The van der Waals surface area contributed by atoms with Crippen LogP contribution in [0.3, 0.4) is 0 Å². The van der Waals surface area contributed by atoms with Gasteiger partial charge in [-0.2, -0.15) is 4.98 Å². The topological polar surface area (TPSA) is 215 Å². The lowest BCUT2D eigenvalue weighted by Crippen LogP contribution is -2.73. The molecule has 4 rings (SSSR count). The molecule has 18 heteroatoms. The van der Waals surface area contributed by atoms with E-state index in [1.807, 2.05) is 0 Å². The number of carbonyl (C=O) groups is 3. The number of amides is 2. The minimum absolute atomic E-state index is 0.0854. The summed E-state index contributed by atoms with van der Waals surface area (Å²) in [5.74, 6) is -2.25. The van der Waals surface area contributed by atoms with Gasteiger partial charge in [0.15, 0.2) is 16.0 Å². The molecule has 2 aliphatic heterocycles. The van der Waals surface area contributed by atoms with Crippen LogP contribution in [-0.4, -0.2) is 83.9 Å². The van der Waals surface area contributed by atoms with Crippen molar-refractivity contribution in [3.8, 4) is 0 Å². The van der Waals surface area contributed by atoms with Crippen LogP contribution in [0.25, 0.3) is 0 Å². The van der Waals surface area contributed by atoms with Crippen LogP contribution in [-0.2, 0) is 26.3 Å². The molecule has 0 bridgehead atoms. The van der Waals surface area contributed by atoms with Crippen molar-refractivity contribution in [3.05, 3.63) is 42.4 Å². The fourth-order valence-corrected chi connectivity index (χ4v) is 6.37. The summed E-state index contributed by atoms with van der Waals surface area (Å²) in [7, 11) is 2.74. The van der Waals surface area contributed by atoms with Crippen molar-refractivity contribution in [3.63, 3.8) is 0 Å². The van der Waals surface area contributed by atoms with Gasteiger partial charge in [0, 0.05) is 28.8 Å². The van der Waals surface area contributed by atoms with Crippen LogP contribution in [0.4, 0.5) is 5.13 Å². The van der Waals surface area contributed by atoms with Gasteiger partial charge < -0.3 is 21.0 Å². The Morgan fingerprint density at radius 3 is 2.78 bits per heavy atom. The van der Waals surface area contributed by atoms with Crippen LogP contribution >= 0.6 is 34.9 Å². The first-order valence-electron chi connectivity index (χ1n) is 9.98. The molecule has 2 aromatic heterocycles. The Hall–Kier alpha value is -3.64. The van der Waals surface area contributed by atoms with Gasteiger partial charge in [-0.25, -0.2) is 9.78 Å². The van der Waals surface area contributed by atoms with Gasteiger partial charge in [0.2, 0.25) is 0 Å². The molecular weight excluding hydrogens is 536 g/mol. The van der Waals surface area contributed by atoms with E-state index in [2.05, 4.69) is 25.5 Å². The van der Waals surface area contributed by atoms with Crippen molar-refractivity contribution in [2.24, 2.45) is 12.2 Å². The number of carbonyl (C=O) groups excluding carboxylic acids is 2. The van der Waals surface area contributed by atoms with Gasteiger partial charge in [0.25, 0.3) is 11.8 Å². The van der Waals surface area contributed by atoms with E-state index in [-0.39, 0.29) is 33.1 Å². The molecule has 2 amide bonds. The average molecular weight is 555 g/mol. The molecule has 0 aliphatic carbocycles. The molecule has 0 aromatic carbocycles. The predicted octanol–water partition coefficient (Wildman–Crippen LogP) is -1.61. The summed E-state index contributed by atoms with van der Waals surface area (Å²) in [6.45, 7) is 0. The lowest BCUT2D eigenvalue weighted by Gasteiger charge is -2.49. The summed E-state index contributed by atoms with van der Waals surface area (Å²) in [6, 6.07) is -1.58. The summed E-state index contributed by atoms with van der Waals surface area (Å²) < 4.78 is 1.25. The van der Waals surface area contributed by atoms with Crippen LogP contribution in [0, 0.1) is 0 Å². The lowest BCUT2D eigenvalue weighted by atomic mass is 9.94. The van der Waals surface area contributed by atoms with Crippen molar-refractivity contribution in [2.75, 3.05) is 24.3 Å². The van der Waals surface area contributed by atoms with Crippen molar-refractivity contribution >= 4 is 63.5 Å². The van der Waals surface area contributed by atoms with Crippen molar-refractivity contribution < 1.29 is 24.3 Å². The summed E-state index contributed by atoms with van der Waals surface area (Å²) >= 11 is 3.34. The van der Waals surface area contributed by atoms with E-state index in [4.69, 9.17) is 10.6 Å². The van der Waals surface area contributed by atoms with E-state index in [0.29, 0.717) is 10.7 Å². The van der Waals surface area contributed by atoms with Crippen molar-refractivity contribution in [2.45, 2.75) is 17.2 Å². The highest BCUT2D eigenvalue weighted by Crippen LogP contribution is 2.40. The van der Waals surface area contributed by atoms with Gasteiger partial charge in [-0.15, -0.1) is 23.1 Å². The molecule has 2 atom stereocenters. The Kier molecular flexibility index (Phi) is 7.18. The van der Waals surface area contributed by atoms with Gasteiger partial charge >= 0.3 is 17.1 Å². The monoisotopic (exact) mass is 554 g/mol. The first-order chi connectivity index (χ1) is 17.1. The Morgan fingerprint density at radius 1 is 1.39 bits per heavy atom. The number of β-lactam (4-membered cyclic amide) rings is 1. The fourth-order valence-electron chi connectivity index (χ4n) is 3.49. The standard InChI is InChI=1S/C18H18N8O7S3/c1-25-18(22-13(28)14(29)23-25)36-5-8-11(16(31)32)26-7(4-34-8)10(15(26)30)21-12(27)9(24-33-2)6-3-35-17(19)20-6/h3,7,10H,4-5H2,1-2H3,(H2,19,20)(H,21,27)(H,23,29)(H,31,32). The van der Waals surface area contributed by atoms with E-state index in [0.717, 1.165) is 28.0 Å². The van der Waals surface area contributed by atoms with Gasteiger partial charge in [-0.1, -0.05) is 16.9 Å². The molecule has 2 aromatic rings. The summed E-state index contributed by atoms with van der Waals surface area (Å²) in [5.41, 5.74) is 3.56. The van der Waals surface area contributed by atoms with Crippen LogP contribution in [0.15, 0.2) is 35.9 Å². The number of thiazole rings is 1. The number of rotatable bonds is 8. The maximum atomic E-state index is 12.9. The molecule has 1 saturated heterocycles. The Morgan fingerprint density at radius 2 is 2.14 bits per heavy atom. The summed E-state index contributed by atoms with van der Waals surface area (Å²) in [5, 5.41) is 20.3. The molecule has 2 aliphatic rings. The number of aliphatic carboxylic acids is 1. The zero-order valence-electron chi connectivity index (χ0n) is 18.6. The van der Waals surface area contributed by atoms with Crippen LogP contribution in [0.1, 0.15) is 5.69 Å². The molecule has 0 saturated carbocycles. The average Bonchev–Trinajstić information content (AvgIpc) is 3.27. The zero-order valence-corrected chi connectivity index (χ0v) is 21.0. The molecule has 5 N–H and O–H groups in total. The quantitative estimate of drug-likeness (QED) is 0.0953. The Balaban J connectivity index is 1.51. The highest BCUT2D eigenvalue weighted by Gasteiger charge is 2.54. The number of nitrogens with two attached hydrogens (primary N) is 1. The third-order valence-electron chi connectivity index (χ3n) is 5.08. The van der Waals surface area contributed by atoms with Gasteiger partial charge in [0.1, 0.15) is 24.5 Å². The molecule has 15 nitrogen and oxygen atoms in total. The number of carboxylic acid groups (broad SMARTS) is 1. The number of hydrogen-bond acceptors (Lipinski definition) is 13. The van der Waals surface area contributed by atoms with Crippen LogP contribution < -0.4 is 22.2 Å². The minimum Gasteiger partial charge on any atom is -0.477 e. The third kappa shape index (κ3) is 4.73. The smallest absolute Gasteiger partial charge is 0.353 e. The Bertz CT molecular complexity index is 1430. The number of carboxylic acids is 1. The number of thioether (sulfide) groups is 2. The number of hydrogen-bond donors (Lipinski definition) is 4. The summed E-state index contributed by atoms with van der Waals surface area (Å²) in [6.07, 6.45) is 0. The Labute approximate surface area is 213 Å². The minimum atomic E-state index is -1.32. The van der Waals surface area contributed by atoms with Gasteiger partial charge in [-0.05, 0) is 0 Å². The highest BCUT2D eigenvalue weighted by molar-refractivity contribution is 8.06. The summed E-state index contributed by atoms with van der Waals surface area (Å²) in [4.78, 5) is 74.6. The highest BCUT2D eigenvalue weighted by atomic mass is 32.2. The van der Waals surface area contributed by atoms with Gasteiger partial charge in [0.05, 0.1) is 6.04 Å². The number of nitrogens with one attached hydrogen (secondary N) is 2. The molecule has 1 fully saturated rings. The van der Waals surface area contributed by atoms with E-state index in [9.17, 15) is 29.1 Å². The number of nitrogens with zero attached hydrogens (tertiary/aromatic N) is 5. The second-order valence-corrected chi connectivity index (χ2v) is 10.2. The number of aryl methyl sites for hydroxylation is 1. The number of aromatic amines is 1. The number of oxime groups is 1. The number of H-pyrrole nitrogens is 1. The van der Waals surface area contributed by atoms with E-state index >= 15 is 0 Å². The molecule has 2 unspecified atom stereocenters.